The van der Waals surface area contributed by atoms with Gasteiger partial charge in [-0.05, 0) is 17.0 Å². The molecule has 0 bridgehead atoms. The lowest BCUT2D eigenvalue weighted by atomic mass is 9.78. The van der Waals surface area contributed by atoms with E-state index in [1.54, 1.807) is 6.07 Å². The van der Waals surface area contributed by atoms with E-state index in [-0.39, 0.29) is 16.6 Å². The minimum Gasteiger partial charge on any atom is -0.257 e. The molecule has 0 atom stereocenters. The molecule has 84 valence electrons. The summed E-state index contributed by atoms with van der Waals surface area (Å²) >= 11 is 0. The van der Waals surface area contributed by atoms with Crippen molar-refractivity contribution in [1.82, 2.24) is 4.98 Å². The first-order valence-corrected chi connectivity index (χ1v) is 5.29. The Hall–Kier alpha value is -0.920. The van der Waals surface area contributed by atoms with E-state index in [1.807, 2.05) is 0 Å². The zero-order valence-electron chi connectivity index (χ0n) is 10.5. The second-order valence-electron chi connectivity index (χ2n) is 6.05. The van der Waals surface area contributed by atoms with E-state index in [0.717, 1.165) is 11.3 Å². The highest BCUT2D eigenvalue weighted by Gasteiger charge is 2.26. The minimum absolute atomic E-state index is 0.0453. The molecular formula is C13H20FN. The maximum Gasteiger partial charge on any atom is 0.141 e. The third-order valence-corrected chi connectivity index (χ3v) is 2.37. The average molecular weight is 209 g/mol. The molecule has 1 aromatic rings. The standard InChI is InChI=1S/C13H20FN/c1-12(2,3)10-7-9(14)8-15-11(10)13(4,5)6/h7-8H,1-6H3. The van der Waals surface area contributed by atoms with Gasteiger partial charge in [-0.15, -0.1) is 0 Å². The molecule has 0 N–H and O–H groups in total. The minimum atomic E-state index is -0.257. The zero-order chi connectivity index (χ0) is 11.9. The number of halogens is 1. The van der Waals surface area contributed by atoms with Gasteiger partial charge in [0.2, 0.25) is 0 Å². The molecule has 0 saturated carbocycles. The molecule has 0 aliphatic carbocycles. The van der Waals surface area contributed by atoms with Gasteiger partial charge in [0.1, 0.15) is 5.82 Å². The lowest BCUT2D eigenvalue weighted by molar-refractivity contribution is 0.502. The Morgan fingerprint density at radius 1 is 1.00 bits per heavy atom. The highest BCUT2D eigenvalue weighted by molar-refractivity contribution is 5.32. The second-order valence-corrected chi connectivity index (χ2v) is 6.05. The van der Waals surface area contributed by atoms with E-state index in [1.165, 1.54) is 6.20 Å². The molecule has 0 aliphatic rings. The Bertz CT molecular complexity index is 356. The van der Waals surface area contributed by atoms with Crippen LogP contribution in [-0.2, 0) is 10.8 Å². The quantitative estimate of drug-likeness (QED) is 0.633. The van der Waals surface area contributed by atoms with Crippen molar-refractivity contribution in [3.63, 3.8) is 0 Å². The van der Waals surface area contributed by atoms with Crippen LogP contribution in [0.5, 0.6) is 0 Å². The van der Waals surface area contributed by atoms with Crippen LogP contribution >= 0.6 is 0 Å². The molecule has 2 heteroatoms. The third-order valence-electron chi connectivity index (χ3n) is 2.37. The highest BCUT2D eigenvalue weighted by Crippen LogP contribution is 2.32. The number of hydrogen-bond donors (Lipinski definition) is 0. The van der Waals surface area contributed by atoms with Crippen LogP contribution in [0.25, 0.3) is 0 Å². The van der Waals surface area contributed by atoms with Crippen LogP contribution in [0.4, 0.5) is 4.39 Å². The van der Waals surface area contributed by atoms with Gasteiger partial charge >= 0.3 is 0 Å². The fourth-order valence-corrected chi connectivity index (χ4v) is 1.61. The number of rotatable bonds is 0. The van der Waals surface area contributed by atoms with E-state index in [0.29, 0.717) is 0 Å². The predicted octanol–water partition coefficient (Wildman–Crippen LogP) is 3.82. The SMILES string of the molecule is CC(C)(C)c1cc(F)cnc1C(C)(C)C. The molecule has 0 aromatic carbocycles. The molecule has 0 saturated heterocycles. The summed E-state index contributed by atoms with van der Waals surface area (Å²) in [6.45, 7) is 12.5. The second kappa shape index (κ2) is 3.58. The molecule has 0 radical (unpaired) electrons. The van der Waals surface area contributed by atoms with E-state index in [2.05, 4.69) is 46.5 Å². The van der Waals surface area contributed by atoms with Crippen molar-refractivity contribution in [1.29, 1.82) is 0 Å². The molecular weight excluding hydrogens is 189 g/mol. The Labute approximate surface area is 91.7 Å². The Morgan fingerprint density at radius 3 is 1.93 bits per heavy atom. The van der Waals surface area contributed by atoms with Gasteiger partial charge in [0.05, 0.1) is 6.20 Å². The molecule has 1 heterocycles. The maximum atomic E-state index is 13.2. The molecule has 1 rings (SSSR count). The van der Waals surface area contributed by atoms with Crippen molar-refractivity contribution in [2.75, 3.05) is 0 Å². The summed E-state index contributed by atoms with van der Waals surface area (Å²) in [5.41, 5.74) is 1.86. The van der Waals surface area contributed by atoms with Crippen LogP contribution in [0.3, 0.4) is 0 Å². The molecule has 0 spiro atoms. The van der Waals surface area contributed by atoms with Crippen LogP contribution in [-0.4, -0.2) is 4.98 Å². The van der Waals surface area contributed by atoms with Crippen LogP contribution in [0.15, 0.2) is 12.3 Å². The fraction of sp³-hybridized carbons (Fsp3) is 0.615. The van der Waals surface area contributed by atoms with Crippen LogP contribution in [0, 0.1) is 5.82 Å². The van der Waals surface area contributed by atoms with Crippen LogP contribution in [0.2, 0.25) is 0 Å². The number of pyridine rings is 1. The van der Waals surface area contributed by atoms with Crippen molar-refractivity contribution in [3.05, 3.63) is 29.3 Å². The molecule has 0 aliphatic heterocycles. The van der Waals surface area contributed by atoms with Gasteiger partial charge < -0.3 is 0 Å². The number of aromatic nitrogens is 1. The molecule has 1 aromatic heterocycles. The van der Waals surface area contributed by atoms with Gasteiger partial charge in [-0.25, -0.2) is 4.39 Å². The van der Waals surface area contributed by atoms with Crippen LogP contribution in [0.1, 0.15) is 52.8 Å². The largest absolute Gasteiger partial charge is 0.257 e. The van der Waals surface area contributed by atoms with Gasteiger partial charge in [0.15, 0.2) is 0 Å². The lowest BCUT2D eigenvalue weighted by Gasteiger charge is -2.28. The van der Waals surface area contributed by atoms with Crippen molar-refractivity contribution >= 4 is 0 Å². The molecule has 15 heavy (non-hydrogen) atoms. The molecule has 0 amide bonds. The van der Waals surface area contributed by atoms with Crippen LogP contribution < -0.4 is 0 Å². The first-order chi connectivity index (χ1) is 6.62. The maximum absolute atomic E-state index is 13.2. The Balaban J connectivity index is 3.41. The predicted molar refractivity (Wildman–Crippen MR) is 61.6 cm³/mol. The van der Waals surface area contributed by atoms with E-state index < -0.39 is 0 Å². The number of hydrogen-bond acceptors (Lipinski definition) is 1. The summed E-state index contributed by atoms with van der Waals surface area (Å²) in [6, 6.07) is 1.60. The fourth-order valence-electron chi connectivity index (χ4n) is 1.61. The third kappa shape index (κ3) is 2.77. The Morgan fingerprint density at radius 2 is 1.53 bits per heavy atom. The monoisotopic (exact) mass is 209 g/mol. The highest BCUT2D eigenvalue weighted by atomic mass is 19.1. The summed E-state index contributed by atoms with van der Waals surface area (Å²) in [5.74, 6) is -0.257. The van der Waals surface area contributed by atoms with Crippen molar-refractivity contribution in [3.8, 4) is 0 Å². The number of nitrogens with zero attached hydrogens (tertiary/aromatic N) is 1. The van der Waals surface area contributed by atoms with Gasteiger partial charge in [-0.3, -0.25) is 4.98 Å². The van der Waals surface area contributed by atoms with Crippen molar-refractivity contribution in [2.45, 2.75) is 52.4 Å². The van der Waals surface area contributed by atoms with E-state index >= 15 is 0 Å². The van der Waals surface area contributed by atoms with E-state index in [9.17, 15) is 4.39 Å². The Kier molecular flexibility index (Phi) is 2.90. The first kappa shape index (κ1) is 12.2. The summed E-state index contributed by atoms with van der Waals surface area (Å²) in [6.07, 6.45) is 1.30. The molecule has 1 nitrogen and oxygen atoms in total. The summed E-state index contributed by atoms with van der Waals surface area (Å²) < 4.78 is 13.2. The first-order valence-electron chi connectivity index (χ1n) is 5.29. The van der Waals surface area contributed by atoms with Crippen molar-refractivity contribution < 1.29 is 4.39 Å². The lowest BCUT2D eigenvalue weighted by Crippen LogP contribution is -2.23. The molecule has 0 fully saturated rings. The van der Waals surface area contributed by atoms with Gasteiger partial charge in [0, 0.05) is 11.1 Å². The van der Waals surface area contributed by atoms with Crippen molar-refractivity contribution in [2.24, 2.45) is 0 Å². The topological polar surface area (TPSA) is 12.9 Å². The molecule has 0 unspecified atom stereocenters. The average Bonchev–Trinajstić information content (AvgIpc) is 2.00. The summed E-state index contributed by atoms with van der Waals surface area (Å²) in [7, 11) is 0. The van der Waals surface area contributed by atoms with Gasteiger partial charge in [-0.1, -0.05) is 41.5 Å². The summed E-state index contributed by atoms with van der Waals surface area (Å²) in [4.78, 5) is 4.24. The van der Waals surface area contributed by atoms with E-state index in [4.69, 9.17) is 0 Å². The zero-order valence-corrected chi connectivity index (χ0v) is 10.5. The normalized spacial score (nSPS) is 13.0. The van der Waals surface area contributed by atoms with Gasteiger partial charge in [-0.2, -0.15) is 0 Å². The summed E-state index contributed by atoms with van der Waals surface area (Å²) in [5, 5.41) is 0. The van der Waals surface area contributed by atoms with Gasteiger partial charge in [0.25, 0.3) is 0 Å². The smallest absolute Gasteiger partial charge is 0.141 e.